The topological polar surface area (TPSA) is 72.2 Å². The van der Waals surface area contributed by atoms with Crippen molar-refractivity contribution >= 4 is 33.3 Å². The Kier molecular flexibility index (Phi) is 3.42. The van der Waals surface area contributed by atoms with Crippen LogP contribution >= 0.6 is 15.9 Å². The number of anilines is 1. The Morgan fingerprint density at radius 1 is 1.19 bits per heavy atom. The highest BCUT2D eigenvalue weighted by molar-refractivity contribution is 9.10. The number of hydrogen-bond donors (Lipinski definition) is 1. The van der Waals surface area contributed by atoms with Crippen LogP contribution in [0, 0.1) is 13.8 Å². The number of fused-ring (bicyclic) bond motifs is 1. The molecule has 0 unspecified atom stereocenters. The maximum Gasteiger partial charge on any atom is 0.295 e. The molecule has 1 amide bonds. The summed E-state index contributed by atoms with van der Waals surface area (Å²) in [5.74, 6) is 0.160. The lowest BCUT2D eigenvalue weighted by molar-refractivity contribution is 0.101. The molecule has 2 aromatic heterocycles. The van der Waals surface area contributed by atoms with Crippen LogP contribution in [0.5, 0.6) is 0 Å². The molecule has 1 aromatic carbocycles. The molecule has 0 spiro atoms. The van der Waals surface area contributed by atoms with Crippen molar-refractivity contribution in [2.24, 2.45) is 0 Å². The van der Waals surface area contributed by atoms with E-state index in [4.69, 9.17) is 0 Å². The predicted octanol–water partition coefficient (Wildman–Crippen LogP) is 2.76. The van der Waals surface area contributed by atoms with Gasteiger partial charge in [0.15, 0.2) is 0 Å². The van der Waals surface area contributed by atoms with Crippen LogP contribution in [0.25, 0.3) is 5.78 Å². The first-order chi connectivity index (χ1) is 10.0. The van der Waals surface area contributed by atoms with E-state index < -0.39 is 0 Å². The van der Waals surface area contributed by atoms with Gasteiger partial charge in [0, 0.05) is 21.5 Å². The smallest absolute Gasteiger partial charge is 0.295 e. The number of rotatable bonds is 2. The molecular weight excluding hydrogens is 334 g/mol. The van der Waals surface area contributed by atoms with Gasteiger partial charge in [-0.15, -0.1) is 5.10 Å². The summed E-state index contributed by atoms with van der Waals surface area (Å²) in [6, 6.07) is 9.18. The molecule has 2 heterocycles. The van der Waals surface area contributed by atoms with E-state index in [1.807, 2.05) is 32.0 Å². The second-order valence-electron chi connectivity index (χ2n) is 4.65. The molecule has 0 atom stereocenters. The Morgan fingerprint density at radius 3 is 2.62 bits per heavy atom. The largest absolute Gasteiger partial charge is 0.319 e. The van der Waals surface area contributed by atoms with Crippen LogP contribution in [0.4, 0.5) is 5.69 Å². The minimum Gasteiger partial charge on any atom is -0.319 e. The highest BCUT2D eigenvalue weighted by Gasteiger charge is 2.15. The molecule has 7 heteroatoms. The maximum atomic E-state index is 12.2. The van der Waals surface area contributed by atoms with Crippen molar-refractivity contribution in [2.75, 3.05) is 5.32 Å². The Morgan fingerprint density at radius 2 is 1.90 bits per heavy atom. The molecule has 6 nitrogen and oxygen atoms in total. The fourth-order valence-corrected chi connectivity index (χ4v) is 2.25. The van der Waals surface area contributed by atoms with Gasteiger partial charge in [0.05, 0.1) is 0 Å². The van der Waals surface area contributed by atoms with E-state index in [1.165, 1.54) is 0 Å². The van der Waals surface area contributed by atoms with Gasteiger partial charge in [-0.25, -0.2) is 9.50 Å². The van der Waals surface area contributed by atoms with Gasteiger partial charge in [-0.05, 0) is 44.2 Å². The lowest BCUT2D eigenvalue weighted by atomic mass is 10.3. The number of benzene rings is 1. The number of halogens is 1. The van der Waals surface area contributed by atoms with Crippen LogP contribution in [0.1, 0.15) is 22.0 Å². The normalized spacial score (nSPS) is 10.8. The zero-order valence-electron chi connectivity index (χ0n) is 11.5. The average Bonchev–Trinajstić information content (AvgIpc) is 2.85. The summed E-state index contributed by atoms with van der Waals surface area (Å²) in [6.45, 7) is 3.77. The number of carbonyl (C=O) groups excluding carboxylic acids is 1. The molecule has 3 rings (SSSR count). The number of aryl methyl sites for hydroxylation is 2. The predicted molar refractivity (Wildman–Crippen MR) is 82.4 cm³/mol. The minimum absolute atomic E-state index is 0.0964. The van der Waals surface area contributed by atoms with Crippen LogP contribution in [-0.4, -0.2) is 25.5 Å². The highest BCUT2D eigenvalue weighted by atomic mass is 79.9. The van der Waals surface area contributed by atoms with Crippen molar-refractivity contribution in [1.29, 1.82) is 0 Å². The van der Waals surface area contributed by atoms with E-state index in [2.05, 4.69) is 36.3 Å². The van der Waals surface area contributed by atoms with Crippen molar-refractivity contribution in [3.63, 3.8) is 0 Å². The SMILES string of the molecule is Cc1cc(C)n2nc(C(=O)Nc3ccc(Br)cc3)nc2n1. The molecular formula is C14H12BrN5O. The van der Waals surface area contributed by atoms with Gasteiger partial charge < -0.3 is 5.32 Å². The van der Waals surface area contributed by atoms with E-state index in [0.717, 1.165) is 15.9 Å². The van der Waals surface area contributed by atoms with Crippen LogP contribution < -0.4 is 5.32 Å². The molecule has 0 bridgehead atoms. The summed E-state index contributed by atoms with van der Waals surface area (Å²) in [6.07, 6.45) is 0. The Balaban J connectivity index is 1.91. The maximum absolute atomic E-state index is 12.2. The molecule has 3 aromatic rings. The van der Waals surface area contributed by atoms with Crippen molar-refractivity contribution in [3.05, 3.63) is 52.0 Å². The number of hydrogen-bond acceptors (Lipinski definition) is 4. The zero-order chi connectivity index (χ0) is 15.0. The molecule has 0 saturated carbocycles. The van der Waals surface area contributed by atoms with Gasteiger partial charge in [-0.1, -0.05) is 15.9 Å². The molecule has 0 saturated heterocycles. The van der Waals surface area contributed by atoms with Crippen molar-refractivity contribution < 1.29 is 4.79 Å². The van der Waals surface area contributed by atoms with Gasteiger partial charge >= 0.3 is 0 Å². The van der Waals surface area contributed by atoms with Crippen LogP contribution in [0.15, 0.2) is 34.8 Å². The summed E-state index contributed by atoms with van der Waals surface area (Å²) < 4.78 is 2.50. The van der Waals surface area contributed by atoms with Crippen molar-refractivity contribution in [2.45, 2.75) is 13.8 Å². The summed E-state index contributed by atoms with van der Waals surface area (Å²) in [7, 11) is 0. The van der Waals surface area contributed by atoms with E-state index in [0.29, 0.717) is 11.5 Å². The average molecular weight is 346 g/mol. The molecule has 0 aliphatic rings. The standard InChI is InChI=1S/C14H12BrN5O/c1-8-7-9(2)20-14(16-8)18-12(19-20)13(21)17-11-5-3-10(15)4-6-11/h3-7H,1-2H3,(H,17,21). The lowest BCUT2D eigenvalue weighted by Gasteiger charge is -2.01. The third-order valence-corrected chi connectivity index (χ3v) is 3.45. The van der Waals surface area contributed by atoms with E-state index in [9.17, 15) is 4.79 Å². The van der Waals surface area contributed by atoms with E-state index in [1.54, 1.807) is 16.6 Å². The summed E-state index contributed by atoms with van der Waals surface area (Å²) in [4.78, 5) is 20.6. The summed E-state index contributed by atoms with van der Waals surface area (Å²) >= 11 is 3.35. The van der Waals surface area contributed by atoms with Gasteiger partial charge in [0.25, 0.3) is 11.7 Å². The first-order valence-electron chi connectivity index (χ1n) is 6.31. The van der Waals surface area contributed by atoms with Crippen molar-refractivity contribution in [1.82, 2.24) is 19.6 Å². The van der Waals surface area contributed by atoms with Gasteiger partial charge in [0.1, 0.15) is 0 Å². The number of amides is 1. The third kappa shape index (κ3) is 2.78. The van der Waals surface area contributed by atoms with Gasteiger partial charge in [0.2, 0.25) is 5.82 Å². The Hall–Kier alpha value is -2.28. The zero-order valence-corrected chi connectivity index (χ0v) is 13.0. The second kappa shape index (κ2) is 5.25. The Bertz CT molecular complexity index is 825. The quantitative estimate of drug-likeness (QED) is 0.775. The van der Waals surface area contributed by atoms with Crippen LogP contribution in [0.2, 0.25) is 0 Å². The number of nitrogens with one attached hydrogen (secondary N) is 1. The number of carbonyl (C=O) groups is 1. The third-order valence-electron chi connectivity index (χ3n) is 2.92. The molecule has 0 aliphatic heterocycles. The minimum atomic E-state index is -0.361. The number of aromatic nitrogens is 4. The highest BCUT2D eigenvalue weighted by Crippen LogP contribution is 2.15. The number of nitrogens with zero attached hydrogens (tertiary/aromatic N) is 4. The molecule has 0 aliphatic carbocycles. The first kappa shape index (κ1) is 13.7. The van der Waals surface area contributed by atoms with E-state index >= 15 is 0 Å². The van der Waals surface area contributed by atoms with Gasteiger partial charge in [-0.2, -0.15) is 4.98 Å². The fourth-order valence-electron chi connectivity index (χ4n) is 1.98. The molecule has 106 valence electrons. The molecule has 1 N–H and O–H groups in total. The second-order valence-corrected chi connectivity index (χ2v) is 5.56. The first-order valence-corrected chi connectivity index (χ1v) is 7.10. The molecule has 0 radical (unpaired) electrons. The molecule has 21 heavy (non-hydrogen) atoms. The molecule has 0 fully saturated rings. The van der Waals surface area contributed by atoms with Crippen LogP contribution in [0.3, 0.4) is 0 Å². The monoisotopic (exact) mass is 345 g/mol. The summed E-state index contributed by atoms with van der Waals surface area (Å²) in [5.41, 5.74) is 2.41. The van der Waals surface area contributed by atoms with Gasteiger partial charge in [-0.3, -0.25) is 4.79 Å². The van der Waals surface area contributed by atoms with Crippen molar-refractivity contribution in [3.8, 4) is 0 Å². The summed E-state index contributed by atoms with van der Waals surface area (Å²) in [5, 5.41) is 6.94. The van der Waals surface area contributed by atoms with E-state index in [-0.39, 0.29) is 11.7 Å². The Labute approximate surface area is 129 Å². The van der Waals surface area contributed by atoms with Crippen LogP contribution in [-0.2, 0) is 0 Å². The lowest BCUT2D eigenvalue weighted by Crippen LogP contribution is -2.13. The fraction of sp³-hybridized carbons (Fsp3) is 0.143.